The molecule has 0 fully saturated rings. The number of ether oxygens (including phenoxy) is 2. The first-order chi connectivity index (χ1) is 12.2. The molecule has 1 atom stereocenters. The molecule has 0 bridgehead atoms. The SMILES string of the molecule is COc1ccc(NC(N)=NCC2CCCc3ccccc32)cc1OC.I. The number of guanidine groups is 1. The van der Waals surface area contributed by atoms with Crippen molar-refractivity contribution in [1.29, 1.82) is 0 Å². The van der Waals surface area contributed by atoms with E-state index in [2.05, 4.69) is 34.6 Å². The van der Waals surface area contributed by atoms with E-state index in [0.717, 1.165) is 18.5 Å². The Balaban J connectivity index is 0.00000243. The Morgan fingerprint density at radius 2 is 1.92 bits per heavy atom. The minimum Gasteiger partial charge on any atom is -0.493 e. The van der Waals surface area contributed by atoms with Crippen LogP contribution in [-0.4, -0.2) is 26.7 Å². The molecule has 1 aliphatic carbocycles. The number of methoxy groups -OCH3 is 2. The summed E-state index contributed by atoms with van der Waals surface area (Å²) in [5, 5.41) is 3.12. The maximum atomic E-state index is 6.07. The van der Waals surface area contributed by atoms with Gasteiger partial charge in [-0.1, -0.05) is 24.3 Å². The van der Waals surface area contributed by atoms with Gasteiger partial charge in [0, 0.05) is 24.2 Å². The summed E-state index contributed by atoms with van der Waals surface area (Å²) in [6.07, 6.45) is 3.53. The molecule has 0 aromatic heterocycles. The van der Waals surface area contributed by atoms with Gasteiger partial charge in [-0.05, 0) is 42.5 Å². The highest BCUT2D eigenvalue weighted by Gasteiger charge is 2.19. The van der Waals surface area contributed by atoms with Gasteiger partial charge in [-0.2, -0.15) is 0 Å². The molecule has 1 aliphatic rings. The first-order valence-corrected chi connectivity index (χ1v) is 8.58. The molecule has 0 radical (unpaired) electrons. The first-order valence-electron chi connectivity index (χ1n) is 8.58. The Hall–Kier alpha value is -1.96. The lowest BCUT2D eigenvalue weighted by atomic mass is 9.83. The van der Waals surface area contributed by atoms with Crippen molar-refractivity contribution < 1.29 is 9.47 Å². The van der Waals surface area contributed by atoms with Gasteiger partial charge in [-0.15, -0.1) is 24.0 Å². The van der Waals surface area contributed by atoms with Crippen LogP contribution < -0.4 is 20.5 Å². The molecule has 0 heterocycles. The van der Waals surface area contributed by atoms with E-state index in [1.54, 1.807) is 14.2 Å². The lowest BCUT2D eigenvalue weighted by Crippen LogP contribution is -2.24. The third kappa shape index (κ3) is 4.81. The van der Waals surface area contributed by atoms with E-state index in [0.29, 0.717) is 29.9 Å². The lowest BCUT2D eigenvalue weighted by Gasteiger charge is -2.24. The minimum absolute atomic E-state index is 0. The maximum absolute atomic E-state index is 6.07. The highest BCUT2D eigenvalue weighted by molar-refractivity contribution is 14.0. The average molecular weight is 467 g/mol. The number of hydrogen-bond acceptors (Lipinski definition) is 3. The molecule has 0 aliphatic heterocycles. The molecule has 6 heteroatoms. The van der Waals surface area contributed by atoms with Gasteiger partial charge in [-0.25, -0.2) is 0 Å². The molecular weight excluding hydrogens is 441 g/mol. The van der Waals surface area contributed by atoms with Gasteiger partial charge in [0.15, 0.2) is 17.5 Å². The van der Waals surface area contributed by atoms with Crippen molar-refractivity contribution in [3.63, 3.8) is 0 Å². The zero-order valence-electron chi connectivity index (χ0n) is 15.2. The topological polar surface area (TPSA) is 68.9 Å². The summed E-state index contributed by atoms with van der Waals surface area (Å²) < 4.78 is 10.5. The van der Waals surface area contributed by atoms with Crippen molar-refractivity contribution in [2.45, 2.75) is 25.2 Å². The Morgan fingerprint density at radius 1 is 1.15 bits per heavy atom. The fourth-order valence-corrected chi connectivity index (χ4v) is 3.35. The van der Waals surface area contributed by atoms with Gasteiger partial charge in [0.05, 0.1) is 14.2 Å². The molecule has 5 nitrogen and oxygen atoms in total. The summed E-state index contributed by atoms with van der Waals surface area (Å²) in [4.78, 5) is 4.55. The molecule has 0 saturated carbocycles. The van der Waals surface area contributed by atoms with Crippen molar-refractivity contribution in [2.75, 3.05) is 26.1 Å². The van der Waals surface area contributed by atoms with Crippen LogP contribution in [0.1, 0.15) is 29.9 Å². The highest BCUT2D eigenvalue weighted by atomic mass is 127. The lowest BCUT2D eigenvalue weighted by molar-refractivity contribution is 0.355. The number of rotatable bonds is 5. The van der Waals surface area contributed by atoms with Crippen LogP contribution in [0.25, 0.3) is 0 Å². The Kier molecular flexibility index (Phi) is 7.56. The fourth-order valence-electron chi connectivity index (χ4n) is 3.35. The standard InChI is InChI=1S/C20H25N3O2.HI/c1-24-18-11-10-16(12-19(18)25-2)23-20(21)22-13-15-8-5-7-14-6-3-4-9-17(14)15;/h3-4,6,9-12,15H,5,7-8,13H2,1-2H3,(H3,21,22,23);1H. The van der Waals surface area contributed by atoms with Crippen molar-refractivity contribution in [3.05, 3.63) is 53.6 Å². The average Bonchev–Trinajstić information content (AvgIpc) is 2.66. The number of hydrogen-bond donors (Lipinski definition) is 2. The number of nitrogens with two attached hydrogens (primary N) is 1. The van der Waals surface area contributed by atoms with E-state index >= 15 is 0 Å². The second-order valence-electron chi connectivity index (χ2n) is 6.21. The summed E-state index contributed by atoms with van der Waals surface area (Å²) in [5.41, 5.74) is 9.75. The summed E-state index contributed by atoms with van der Waals surface area (Å²) in [7, 11) is 3.22. The number of anilines is 1. The summed E-state index contributed by atoms with van der Waals surface area (Å²) in [6, 6.07) is 14.2. The van der Waals surface area contributed by atoms with Crippen LogP contribution in [0.15, 0.2) is 47.5 Å². The number of aryl methyl sites for hydroxylation is 1. The molecule has 26 heavy (non-hydrogen) atoms. The highest BCUT2D eigenvalue weighted by Crippen LogP contribution is 2.32. The maximum Gasteiger partial charge on any atom is 0.193 e. The van der Waals surface area contributed by atoms with E-state index in [-0.39, 0.29) is 24.0 Å². The molecule has 0 amide bonds. The third-order valence-corrected chi connectivity index (χ3v) is 4.63. The third-order valence-electron chi connectivity index (χ3n) is 4.63. The monoisotopic (exact) mass is 467 g/mol. The van der Waals surface area contributed by atoms with Crippen LogP contribution in [0, 0.1) is 0 Å². The zero-order chi connectivity index (χ0) is 17.6. The summed E-state index contributed by atoms with van der Waals surface area (Å²) >= 11 is 0. The molecule has 3 rings (SSSR count). The second kappa shape index (κ2) is 9.66. The predicted molar refractivity (Wildman–Crippen MR) is 117 cm³/mol. The molecule has 140 valence electrons. The largest absolute Gasteiger partial charge is 0.493 e. The summed E-state index contributed by atoms with van der Waals surface area (Å²) in [5.74, 6) is 2.19. The number of nitrogens with one attached hydrogen (secondary N) is 1. The van der Waals surface area contributed by atoms with E-state index in [4.69, 9.17) is 15.2 Å². The van der Waals surface area contributed by atoms with Gasteiger partial charge < -0.3 is 20.5 Å². The Morgan fingerprint density at radius 3 is 2.69 bits per heavy atom. The van der Waals surface area contributed by atoms with Crippen LogP contribution in [0.5, 0.6) is 11.5 Å². The van der Waals surface area contributed by atoms with Crippen LogP contribution in [0.3, 0.4) is 0 Å². The normalized spacial score (nSPS) is 16.2. The zero-order valence-corrected chi connectivity index (χ0v) is 17.5. The Bertz CT molecular complexity index is 764. The first kappa shape index (κ1) is 20.4. The smallest absolute Gasteiger partial charge is 0.193 e. The van der Waals surface area contributed by atoms with Crippen LogP contribution in [0.2, 0.25) is 0 Å². The van der Waals surface area contributed by atoms with Crippen LogP contribution in [-0.2, 0) is 6.42 Å². The van der Waals surface area contributed by atoms with Gasteiger partial charge in [-0.3, -0.25) is 4.99 Å². The van der Waals surface area contributed by atoms with Crippen molar-refractivity contribution in [1.82, 2.24) is 0 Å². The van der Waals surface area contributed by atoms with Crippen molar-refractivity contribution in [2.24, 2.45) is 10.7 Å². The van der Waals surface area contributed by atoms with E-state index in [1.807, 2.05) is 18.2 Å². The molecule has 2 aromatic rings. The van der Waals surface area contributed by atoms with Gasteiger partial charge >= 0.3 is 0 Å². The number of benzene rings is 2. The molecule has 1 unspecified atom stereocenters. The number of aliphatic imine (C=N–C) groups is 1. The van der Waals surface area contributed by atoms with Gasteiger partial charge in [0.25, 0.3) is 0 Å². The van der Waals surface area contributed by atoms with E-state index < -0.39 is 0 Å². The predicted octanol–water partition coefficient (Wildman–Crippen LogP) is 4.17. The molecule has 2 aromatic carbocycles. The minimum atomic E-state index is 0. The number of nitrogens with zero attached hydrogens (tertiary/aromatic N) is 1. The molecule has 3 N–H and O–H groups in total. The quantitative estimate of drug-likeness (QED) is 0.394. The van der Waals surface area contributed by atoms with Crippen LogP contribution >= 0.6 is 24.0 Å². The molecule has 0 saturated heterocycles. The van der Waals surface area contributed by atoms with E-state index in [1.165, 1.54) is 17.5 Å². The van der Waals surface area contributed by atoms with Crippen molar-refractivity contribution in [3.8, 4) is 11.5 Å². The van der Waals surface area contributed by atoms with E-state index in [9.17, 15) is 0 Å². The number of halogens is 1. The summed E-state index contributed by atoms with van der Waals surface area (Å²) in [6.45, 7) is 0.698. The second-order valence-corrected chi connectivity index (χ2v) is 6.21. The van der Waals surface area contributed by atoms with Gasteiger partial charge in [0.2, 0.25) is 0 Å². The molecular formula is C20H26IN3O2. The fraction of sp³-hybridized carbons (Fsp3) is 0.350. The molecule has 0 spiro atoms. The van der Waals surface area contributed by atoms with Crippen molar-refractivity contribution >= 4 is 35.6 Å². The van der Waals surface area contributed by atoms with Gasteiger partial charge in [0.1, 0.15) is 0 Å². The van der Waals surface area contributed by atoms with Crippen LogP contribution in [0.4, 0.5) is 5.69 Å². The number of fused-ring (bicyclic) bond motifs is 1. The Labute approximate surface area is 172 Å².